The molecule has 9 atom stereocenters. The summed E-state index contributed by atoms with van der Waals surface area (Å²) in [6.45, 7) is 6.64. The van der Waals surface area contributed by atoms with E-state index in [1.807, 2.05) is 0 Å². The van der Waals surface area contributed by atoms with Gasteiger partial charge in [0.1, 0.15) is 23.9 Å². The molecule has 2 aliphatic heterocycles. The van der Waals surface area contributed by atoms with Crippen molar-refractivity contribution in [1.29, 1.82) is 0 Å². The molecule has 0 aromatic carbocycles. The van der Waals surface area contributed by atoms with E-state index in [2.05, 4.69) is 6.58 Å². The number of carbonyl (C=O) groups excluding carboxylic acids is 1. The summed E-state index contributed by atoms with van der Waals surface area (Å²) in [5.74, 6) is -2.20. The van der Waals surface area contributed by atoms with Gasteiger partial charge in [0.05, 0.1) is 29.1 Å². The number of rotatable bonds is 0. The molecule has 4 fully saturated rings. The lowest BCUT2D eigenvalue weighted by molar-refractivity contribution is -0.178. The molecule has 7 heteroatoms. The van der Waals surface area contributed by atoms with Gasteiger partial charge < -0.3 is 29.9 Å². The standard InChI is InChI=1S/C15H20O7/c1-5-7-6(16)4-13(2,19)15-9(8(7)21-12(5)18)14(3,20)10(17)11(15)22-15/h6-11,16-17,19-20H,1,4H2,2-3H3/t6-,7-,8+,9?,10+,11-,13-,14?,15?/m1/s1. The highest BCUT2D eigenvalue weighted by molar-refractivity contribution is 5.91. The van der Waals surface area contributed by atoms with Crippen molar-refractivity contribution in [2.45, 2.75) is 61.5 Å². The first-order chi connectivity index (χ1) is 10.1. The molecular weight excluding hydrogens is 292 g/mol. The molecular formula is C15H20O7. The van der Waals surface area contributed by atoms with E-state index in [1.165, 1.54) is 13.8 Å². The van der Waals surface area contributed by atoms with Crippen LogP contribution in [0.25, 0.3) is 0 Å². The maximum absolute atomic E-state index is 11.9. The van der Waals surface area contributed by atoms with Gasteiger partial charge in [-0.2, -0.15) is 0 Å². The van der Waals surface area contributed by atoms with Gasteiger partial charge in [-0.15, -0.1) is 0 Å². The molecule has 0 aromatic heterocycles. The molecule has 2 aliphatic carbocycles. The van der Waals surface area contributed by atoms with Gasteiger partial charge in [0.2, 0.25) is 0 Å². The first kappa shape index (κ1) is 14.6. The van der Waals surface area contributed by atoms with Crippen molar-refractivity contribution in [3.63, 3.8) is 0 Å². The second kappa shape index (κ2) is 3.73. The van der Waals surface area contributed by atoms with E-state index >= 15 is 0 Å². The predicted molar refractivity (Wildman–Crippen MR) is 71.5 cm³/mol. The molecule has 2 saturated carbocycles. The largest absolute Gasteiger partial charge is 0.458 e. The lowest BCUT2D eigenvalue weighted by Gasteiger charge is -2.40. The maximum Gasteiger partial charge on any atom is 0.334 e. The third-order valence-corrected chi connectivity index (χ3v) is 6.12. The molecule has 4 aliphatic rings. The van der Waals surface area contributed by atoms with Crippen LogP contribution in [0.15, 0.2) is 12.2 Å². The van der Waals surface area contributed by atoms with E-state index in [9.17, 15) is 25.2 Å². The lowest BCUT2D eigenvalue weighted by Crippen LogP contribution is -2.56. The van der Waals surface area contributed by atoms with E-state index in [0.717, 1.165) is 0 Å². The van der Waals surface area contributed by atoms with E-state index in [1.54, 1.807) is 0 Å². The fraction of sp³-hybridized carbons (Fsp3) is 0.800. The molecule has 2 heterocycles. The van der Waals surface area contributed by atoms with Crippen LogP contribution in [0.1, 0.15) is 20.3 Å². The number of epoxide rings is 1. The van der Waals surface area contributed by atoms with Gasteiger partial charge in [0.15, 0.2) is 0 Å². The number of hydrogen-bond acceptors (Lipinski definition) is 7. The number of aliphatic hydroxyl groups is 4. The van der Waals surface area contributed by atoms with Gasteiger partial charge in [-0.1, -0.05) is 6.58 Å². The van der Waals surface area contributed by atoms with Gasteiger partial charge in [-0.05, 0) is 13.8 Å². The van der Waals surface area contributed by atoms with Gasteiger partial charge in [0, 0.05) is 12.0 Å². The average molecular weight is 312 g/mol. The molecule has 3 unspecified atom stereocenters. The number of ether oxygens (including phenoxy) is 2. The van der Waals surface area contributed by atoms with Crippen molar-refractivity contribution in [2.24, 2.45) is 11.8 Å². The number of fused-ring (bicyclic) bond motifs is 2. The second-order valence-corrected chi connectivity index (χ2v) is 7.45. The molecule has 0 radical (unpaired) electrons. The monoisotopic (exact) mass is 312 g/mol. The van der Waals surface area contributed by atoms with Crippen molar-refractivity contribution in [3.05, 3.63) is 12.2 Å². The van der Waals surface area contributed by atoms with Crippen LogP contribution in [0.2, 0.25) is 0 Å². The van der Waals surface area contributed by atoms with Gasteiger partial charge in [0.25, 0.3) is 0 Å². The molecule has 22 heavy (non-hydrogen) atoms. The minimum absolute atomic E-state index is 0.0559. The maximum atomic E-state index is 11.9. The van der Waals surface area contributed by atoms with Crippen LogP contribution in [-0.2, 0) is 14.3 Å². The fourth-order valence-corrected chi connectivity index (χ4v) is 5.02. The molecule has 4 N–H and O–H groups in total. The van der Waals surface area contributed by atoms with Gasteiger partial charge in [-0.3, -0.25) is 0 Å². The highest BCUT2D eigenvalue weighted by Gasteiger charge is 2.86. The van der Waals surface area contributed by atoms with Crippen molar-refractivity contribution in [2.75, 3.05) is 0 Å². The Hall–Kier alpha value is -0.990. The molecule has 0 bridgehead atoms. The molecule has 2 saturated heterocycles. The molecule has 0 amide bonds. The van der Waals surface area contributed by atoms with Gasteiger partial charge in [-0.25, -0.2) is 4.79 Å². The minimum Gasteiger partial charge on any atom is -0.458 e. The van der Waals surface area contributed by atoms with E-state index in [4.69, 9.17) is 9.47 Å². The Morgan fingerprint density at radius 1 is 1.27 bits per heavy atom. The summed E-state index contributed by atoms with van der Waals surface area (Å²) < 4.78 is 11.0. The summed E-state index contributed by atoms with van der Waals surface area (Å²) in [6, 6.07) is 0. The quantitative estimate of drug-likeness (QED) is 0.243. The third kappa shape index (κ3) is 1.33. The van der Waals surface area contributed by atoms with Crippen LogP contribution >= 0.6 is 0 Å². The Morgan fingerprint density at radius 2 is 1.91 bits per heavy atom. The third-order valence-electron chi connectivity index (χ3n) is 6.12. The summed E-state index contributed by atoms with van der Waals surface area (Å²) in [5.41, 5.74) is -4.19. The Labute approximate surface area is 127 Å². The second-order valence-electron chi connectivity index (χ2n) is 7.45. The van der Waals surface area contributed by atoms with Crippen LogP contribution < -0.4 is 0 Å². The minimum atomic E-state index is -1.61. The molecule has 4 rings (SSSR count). The number of carbonyl (C=O) groups is 1. The smallest absolute Gasteiger partial charge is 0.334 e. The van der Waals surface area contributed by atoms with Crippen LogP contribution in [0.4, 0.5) is 0 Å². The summed E-state index contributed by atoms with van der Waals surface area (Å²) in [4.78, 5) is 11.9. The normalized spacial score (nSPS) is 62.8. The van der Waals surface area contributed by atoms with E-state index < -0.39 is 59.0 Å². The van der Waals surface area contributed by atoms with Crippen LogP contribution in [0, 0.1) is 11.8 Å². The summed E-state index contributed by atoms with van der Waals surface area (Å²) in [5, 5.41) is 42.4. The summed E-state index contributed by atoms with van der Waals surface area (Å²) in [7, 11) is 0. The number of aliphatic hydroxyl groups excluding tert-OH is 2. The topological polar surface area (TPSA) is 120 Å². The summed E-state index contributed by atoms with van der Waals surface area (Å²) >= 11 is 0. The molecule has 7 nitrogen and oxygen atoms in total. The van der Waals surface area contributed by atoms with Crippen molar-refractivity contribution in [1.82, 2.24) is 0 Å². The molecule has 0 aromatic rings. The zero-order valence-electron chi connectivity index (χ0n) is 12.4. The Kier molecular flexibility index (Phi) is 2.48. The Morgan fingerprint density at radius 3 is 2.55 bits per heavy atom. The van der Waals surface area contributed by atoms with Crippen molar-refractivity contribution >= 4 is 5.97 Å². The zero-order valence-corrected chi connectivity index (χ0v) is 12.4. The first-order valence-corrected chi connectivity index (χ1v) is 7.44. The number of esters is 1. The van der Waals surface area contributed by atoms with Crippen LogP contribution in [-0.4, -0.2) is 67.6 Å². The highest BCUT2D eigenvalue weighted by atomic mass is 16.7. The van der Waals surface area contributed by atoms with E-state index in [0.29, 0.717) is 0 Å². The highest BCUT2D eigenvalue weighted by Crippen LogP contribution is 2.68. The Balaban J connectivity index is 1.90. The molecule has 1 spiro atoms. The zero-order chi connectivity index (χ0) is 16.2. The van der Waals surface area contributed by atoms with Crippen molar-refractivity contribution in [3.8, 4) is 0 Å². The fourth-order valence-electron chi connectivity index (χ4n) is 5.02. The van der Waals surface area contributed by atoms with Crippen LogP contribution in [0.3, 0.4) is 0 Å². The Bertz CT molecular complexity index is 582. The lowest BCUT2D eigenvalue weighted by atomic mass is 9.73. The van der Waals surface area contributed by atoms with E-state index in [-0.39, 0.29) is 12.0 Å². The average Bonchev–Trinajstić information content (AvgIpc) is 3.02. The molecule has 122 valence electrons. The number of hydrogen-bond donors (Lipinski definition) is 4. The summed E-state index contributed by atoms with van der Waals surface area (Å²) in [6.07, 6.45) is -3.94. The SMILES string of the molecule is C=C1C(=O)O[C@@H]2C3C(C)(O)[C@@H](O)[C@H]4OC34[C@](C)(O)C[C@@H](O)[C@@H]12. The van der Waals surface area contributed by atoms with Crippen molar-refractivity contribution < 1.29 is 34.7 Å². The van der Waals surface area contributed by atoms with Gasteiger partial charge >= 0.3 is 5.97 Å². The van der Waals surface area contributed by atoms with Crippen LogP contribution in [0.5, 0.6) is 0 Å². The predicted octanol–water partition coefficient (Wildman–Crippen LogP) is -1.52. The first-order valence-electron chi connectivity index (χ1n) is 7.44.